The molecule has 0 saturated heterocycles. The fraction of sp³-hybridized carbons (Fsp3) is 1.00. The second-order valence-electron chi connectivity index (χ2n) is 8.60. The van der Waals surface area contributed by atoms with E-state index in [1.165, 1.54) is 51.5 Å². The molecular formula is C19H38N2. The summed E-state index contributed by atoms with van der Waals surface area (Å²) >= 11 is 0. The maximum absolute atomic E-state index is 3.77. The highest BCUT2D eigenvalue weighted by Gasteiger charge is 2.36. The molecule has 2 saturated carbocycles. The molecule has 124 valence electrons. The molecular weight excluding hydrogens is 256 g/mol. The standard InChI is InChI=1S/C19H38N2/c1-6-20-17-11-12-19(3,4)13-16(17)14-21(5)18-10-8-7-9-15(18)2/h15-18,20H,6-14H2,1-5H3. The van der Waals surface area contributed by atoms with E-state index in [2.05, 4.69) is 45.0 Å². The second kappa shape index (κ2) is 7.46. The van der Waals surface area contributed by atoms with Gasteiger partial charge in [-0.3, -0.25) is 0 Å². The van der Waals surface area contributed by atoms with Crippen LogP contribution in [0.1, 0.15) is 72.6 Å². The number of nitrogens with zero attached hydrogens (tertiary/aromatic N) is 1. The summed E-state index contributed by atoms with van der Waals surface area (Å²) < 4.78 is 0. The summed E-state index contributed by atoms with van der Waals surface area (Å²) in [7, 11) is 2.39. The number of nitrogens with one attached hydrogen (secondary N) is 1. The molecule has 2 nitrogen and oxygen atoms in total. The van der Waals surface area contributed by atoms with Crippen LogP contribution in [0.3, 0.4) is 0 Å². The van der Waals surface area contributed by atoms with Gasteiger partial charge < -0.3 is 10.2 Å². The van der Waals surface area contributed by atoms with Crippen molar-refractivity contribution in [3.8, 4) is 0 Å². The maximum Gasteiger partial charge on any atom is 0.0118 e. The Morgan fingerprint density at radius 3 is 2.52 bits per heavy atom. The van der Waals surface area contributed by atoms with Gasteiger partial charge in [0.1, 0.15) is 0 Å². The van der Waals surface area contributed by atoms with Crippen molar-refractivity contribution in [1.82, 2.24) is 10.2 Å². The highest BCUT2D eigenvalue weighted by Crippen LogP contribution is 2.39. The topological polar surface area (TPSA) is 15.3 Å². The molecule has 2 heteroatoms. The molecule has 0 aromatic rings. The third-order valence-electron chi connectivity index (χ3n) is 6.14. The number of hydrogen-bond acceptors (Lipinski definition) is 2. The summed E-state index contributed by atoms with van der Waals surface area (Å²) in [5.41, 5.74) is 0.537. The SMILES string of the molecule is CCNC1CCC(C)(C)CC1CN(C)C1CCCCC1C. The second-order valence-corrected chi connectivity index (χ2v) is 8.60. The molecule has 0 aromatic heterocycles. The monoisotopic (exact) mass is 294 g/mol. The van der Waals surface area contributed by atoms with Crippen LogP contribution in [0, 0.1) is 17.3 Å². The molecule has 0 bridgehead atoms. The summed E-state index contributed by atoms with van der Waals surface area (Å²) in [6, 6.07) is 1.57. The Bertz CT molecular complexity index is 313. The lowest BCUT2D eigenvalue weighted by atomic mass is 9.69. The van der Waals surface area contributed by atoms with Crippen molar-refractivity contribution in [3.05, 3.63) is 0 Å². The summed E-state index contributed by atoms with van der Waals surface area (Å²) in [6.45, 7) is 12.1. The van der Waals surface area contributed by atoms with Crippen molar-refractivity contribution < 1.29 is 0 Å². The van der Waals surface area contributed by atoms with Gasteiger partial charge >= 0.3 is 0 Å². The largest absolute Gasteiger partial charge is 0.314 e. The summed E-state index contributed by atoms with van der Waals surface area (Å²) in [5.74, 6) is 1.71. The highest BCUT2D eigenvalue weighted by atomic mass is 15.1. The Balaban J connectivity index is 1.96. The van der Waals surface area contributed by atoms with Crippen molar-refractivity contribution in [3.63, 3.8) is 0 Å². The van der Waals surface area contributed by atoms with Crippen LogP contribution in [0.15, 0.2) is 0 Å². The maximum atomic E-state index is 3.77. The predicted octanol–water partition coefficient (Wildman–Crippen LogP) is 4.30. The molecule has 2 fully saturated rings. The van der Waals surface area contributed by atoms with Crippen molar-refractivity contribution in [2.75, 3.05) is 20.1 Å². The van der Waals surface area contributed by atoms with E-state index in [4.69, 9.17) is 0 Å². The Labute approximate surface area is 133 Å². The predicted molar refractivity (Wildman–Crippen MR) is 92.6 cm³/mol. The first-order valence-electron chi connectivity index (χ1n) is 9.36. The zero-order valence-electron chi connectivity index (χ0n) is 15.1. The minimum absolute atomic E-state index is 0.537. The molecule has 2 aliphatic carbocycles. The number of hydrogen-bond donors (Lipinski definition) is 1. The van der Waals surface area contributed by atoms with Gasteiger partial charge in [0.25, 0.3) is 0 Å². The van der Waals surface area contributed by atoms with E-state index in [1.54, 1.807) is 0 Å². The average molecular weight is 295 g/mol. The fourth-order valence-electron chi connectivity index (χ4n) is 4.92. The first-order valence-corrected chi connectivity index (χ1v) is 9.36. The van der Waals surface area contributed by atoms with Gasteiger partial charge in [-0.2, -0.15) is 0 Å². The minimum atomic E-state index is 0.537. The van der Waals surface area contributed by atoms with Crippen LogP contribution in [-0.4, -0.2) is 37.1 Å². The van der Waals surface area contributed by atoms with E-state index in [0.29, 0.717) is 5.41 Å². The van der Waals surface area contributed by atoms with Crippen molar-refractivity contribution in [2.45, 2.75) is 84.7 Å². The Morgan fingerprint density at radius 1 is 1.14 bits per heavy atom. The lowest BCUT2D eigenvalue weighted by molar-refractivity contribution is 0.0691. The van der Waals surface area contributed by atoms with Crippen LogP contribution in [0.25, 0.3) is 0 Å². The molecule has 1 N–H and O–H groups in total. The molecule has 4 unspecified atom stereocenters. The van der Waals surface area contributed by atoms with Crippen LogP contribution in [0.2, 0.25) is 0 Å². The smallest absolute Gasteiger partial charge is 0.0118 e. The molecule has 0 amide bonds. The zero-order valence-corrected chi connectivity index (χ0v) is 15.1. The van der Waals surface area contributed by atoms with Gasteiger partial charge in [0.2, 0.25) is 0 Å². The van der Waals surface area contributed by atoms with Gasteiger partial charge in [-0.1, -0.05) is 40.5 Å². The fourth-order valence-corrected chi connectivity index (χ4v) is 4.92. The third-order valence-corrected chi connectivity index (χ3v) is 6.14. The van der Waals surface area contributed by atoms with Crippen LogP contribution in [0.5, 0.6) is 0 Å². The van der Waals surface area contributed by atoms with Crippen molar-refractivity contribution >= 4 is 0 Å². The molecule has 0 heterocycles. The van der Waals surface area contributed by atoms with Crippen molar-refractivity contribution in [1.29, 1.82) is 0 Å². The lowest BCUT2D eigenvalue weighted by Gasteiger charge is -2.45. The first kappa shape index (κ1) is 17.3. The van der Waals surface area contributed by atoms with Gasteiger partial charge in [0.15, 0.2) is 0 Å². The summed E-state index contributed by atoms with van der Waals surface area (Å²) in [4.78, 5) is 2.71. The normalized spacial score (nSPS) is 36.9. The Morgan fingerprint density at radius 2 is 1.86 bits per heavy atom. The molecule has 2 aliphatic rings. The molecule has 4 atom stereocenters. The Hall–Kier alpha value is -0.0800. The zero-order chi connectivity index (χ0) is 15.5. The van der Waals surface area contributed by atoms with Crippen molar-refractivity contribution in [2.24, 2.45) is 17.3 Å². The van der Waals surface area contributed by atoms with Crippen LogP contribution in [-0.2, 0) is 0 Å². The molecule has 0 aliphatic heterocycles. The molecule has 0 spiro atoms. The molecule has 2 rings (SSSR count). The average Bonchev–Trinajstić information content (AvgIpc) is 2.42. The minimum Gasteiger partial charge on any atom is -0.314 e. The van der Waals surface area contributed by atoms with Gasteiger partial charge in [-0.25, -0.2) is 0 Å². The molecule has 0 aromatic carbocycles. The number of rotatable bonds is 5. The van der Waals surface area contributed by atoms with E-state index in [0.717, 1.165) is 30.5 Å². The van der Waals surface area contributed by atoms with Crippen LogP contribution >= 0.6 is 0 Å². The van der Waals surface area contributed by atoms with E-state index in [1.807, 2.05) is 0 Å². The third kappa shape index (κ3) is 4.69. The van der Waals surface area contributed by atoms with Crippen LogP contribution < -0.4 is 5.32 Å². The van der Waals surface area contributed by atoms with Gasteiger partial charge in [-0.15, -0.1) is 0 Å². The Kier molecular flexibility index (Phi) is 6.14. The first-order chi connectivity index (χ1) is 9.93. The molecule has 21 heavy (non-hydrogen) atoms. The van der Waals surface area contributed by atoms with E-state index in [9.17, 15) is 0 Å². The van der Waals surface area contributed by atoms with E-state index >= 15 is 0 Å². The van der Waals surface area contributed by atoms with Gasteiger partial charge in [0.05, 0.1) is 0 Å². The summed E-state index contributed by atoms with van der Waals surface area (Å²) in [5, 5.41) is 3.77. The van der Waals surface area contributed by atoms with E-state index < -0.39 is 0 Å². The van der Waals surface area contributed by atoms with E-state index in [-0.39, 0.29) is 0 Å². The lowest BCUT2D eigenvalue weighted by Crippen LogP contribution is -2.49. The highest BCUT2D eigenvalue weighted by molar-refractivity contribution is 4.91. The van der Waals surface area contributed by atoms with Gasteiger partial charge in [0, 0.05) is 18.6 Å². The van der Waals surface area contributed by atoms with Gasteiger partial charge in [-0.05, 0) is 62.9 Å². The quantitative estimate of drug-likeness (QED) is 0.813. The summed E-state index contributed by atoms with van der Waals surface area (Å²) in [6.07, 6.45) is 9.86. The van der Waals surface area contributed by atoms with Crippen LogP contribution in [0.4, 0.5) is 0 Å². The molecule has 0 radical (unpaired) electrons.